The molecule has 1 saturated heterocycles. The number of benzene rings is 4. The van der Waals surface area contributed by atoms with Crippen LogP contribution in [0.2, 0.25) is 1.41 Å². The van der Waals surface area contributed by atoms with Crippen molar-refractivity contribution < 1.29 is 49.1 Å². The van der Waals surface area contributed by atoms with Crippen molar-refractivity contribution in [2.75, 3.05) is 17.3 Å². The largest absolute Gasteiger partial charge is 0.484 e. The minimum absolute atomic E-state index is 0.0659. The Bertz CT molecular complexity index is 1980. The number of hydrogen-bond donors (Lipinski definition) is 5. The number of nitrogens with one attached hydrogen (secondary N) is 2. The summed E-state index contributed by atoms with van der Waals surface area (Å²) < 4.78 is 41.1. The molecule has 4 aromatic rings. The van der Waals surface area contributed by atoms with Crippen molar-refractivity contribution >= 4 is 47.0 Å². The van der Waals surface area contributed by atoms with Crippen LogP contribution >= 0.6 is 11.8 Å². The number of nitrogens with two attached hydrogens (primary N) is 1. The van der Waals surface area contributed by atoms with Gasteiger partial charge in [0, 0.05) is 24.3 Å². The normalized spacial score (nSPS) is 17.0. The first-order chi connectivity index (χ1) is 26.3. The van der Waals surface area contributed by atoms with E-state index in [4.69, 9.17) is 11.9 Å². The highest BCUT2D eigenvalue weighted by Gasteiger charge is 2.49. The maximum atomic E-state index is 13.7. The van der Waals surface area contributed by atoms with Gasteiger partial charge in [-0.05, 0) is 71.6 Å². The molecule has 282 valence electrons. The summed E-state index contributed by atoms with van der Waals surface area (Å²) in [4.78, 5) is 64.7. The van der Waals surface area contributed by atoms with Crippen LogP contribution in [-0.2, 0) is 30.4 Å². The summed E-state index contributed by atoms with van der Waals surface area (Å²) >= 11 is 1.21. The van der Waals surface area contributed by atoms with Crippen LogP contribution in [0.3, 0.4) is 0 Å². The average Bonchev–Trinajstić information content (AvgIpc) is 3.17. The maximum absolute atomic E-state index is 13.7. The van der Waals surface area contributed by atoms with E-state index in [9.17, 15) is 43.0 Å². The van der Waals surface area contributed by atoms with E-state index in [-0.39, 0.29) is 36.7 Å². The van der Waals surface area contributed by atoms with Gasteiger partial charge >= 0.3 is 5.97 Å². The minimum Gasteiger partial charge on any atom is -0.484 e. The van der Waals surface area contributed by atoms with Gasteiger partial charge in [0.2, 0.25) is 17.7 Å². The monoisotopic (exact) mass is 761 g/mol. The molecule has 1 aliphatic rings. The number of nitrogens with zero attached hydrogens (tertiary/aromatic N) is 1. The van der Waals surface area contributed by atoms with Crippen LogP contribution in [0.4, 0.5) is 14.5 Å². The Morgan fingerprint density at radius 1 is 0.907 bits per heavy atom. The lowest BCUT2D eigenvalue weighted by Gasteiger charge is -2.47. The number of β-lactam (4-membered cyclic amide) rings is 1. The molecule has 0 bridgehead atoms. The molecule has 1 heterocycles. The van der Waals surface area contributed by atoms with Crippen LogP contribution in [-0.4, -0.2) is 69.5 Å². The van der Waals surface area contributed by atoms with Gasteiger partial charge in [0.15, 0.2) is 8.02 Å². The van der Waals surface area contributed by atoms with Crippen molar-refractivity contribution in [3.63, 3.8) is 0 Å². The second-order valence-electron chi connectivity index (χ2n) is 12.4. The van der Waals surface area contributed by atoms with Crippen molar-refractivity contribution in [2.45, 2.75) is 48.7 Å². The van der Waals surface area contributed by atoms with Gasteiger partial charge in [-0.25, -0.2) is 13.6 Å². The van der Waals surface area contributed by atoms with Gasteiger partial charge in [0.1, 0.15) is 34.7 Å². The molecule has 1 unspecified atom stereocenters. The van der Waals surface area contributed by atoms with Crippen LogP contribution in [0.25, 0.3) is 0 Å². The van der Waals surface area contributed by atoms with Gasteiger partial charge in [-0.3, -0.25) is 19.2 Å². The Labute approximate surface area is 315 Å². The lowest BCUT2D eigenvalue weighted by Crippen LogP contribution is -2.57. The van der Waals surface area contributed by atoms with Crippen molar-refractivity contribution in [2.24, 2.45) is 5.73 Å². The molecular formula is C39H38F2N4O8S. The maximum Gasteiger partial charge on any atom is 0.326 e. The third kappa shape index (κ3) is 10.4. The highest BCUT2D eigenvalue weighted by molar-refractivity contribution is 8.00. The van der Waals surface area contributed by atoms with Gasteiger partial charge in [-0.1, -0.05) is 54.6 Å². The molecule has 0 saturated carbocycles. The van der Waals surface area contributed by atoms with Crippen LogP contribution in [0.1, 0.15) is 41.7 Å². The molecule has 6 N–H and O–H groups in total. The fourth-order valence-corrected chi connectivity index (χ4v) is 7.08. The fourth-order valence-electron chi connectivity index (χ4n) is 5.78. The summed E-state index contributed by atoms with van der Waals surface area (Å²) in [5.41, 5.74) is 7.49. The molecule has 1 fully saturated rings. The average molecular weight is 762 g/mol. The number of aliphatic carboxylic acids is 1. The fraction of sp³-hybridized carbons (Fsp3) is 0.256. The number of thioether (sulfide) groups is 1. The quantitative estimate of drug-likeness (QED) is 0.0940. The molecule has 15 heteroatoms. The number of carbonyl (C=O) groups excluding carboxylic acids is 4. The molecule has 1 aliphatic heterocycles. The highest BCUT2D eigenvalue weighted by atomic mass is 32.2. The summed E-state index contributed by atoms with van der Waals surface area (Å²) in [6, 6.07) is 22.3. The molecule has 54 heavy (non-hydrogen) atoms. The van der Waals surface area contributed by atoms with E-state index in [1.807, 2.05) is 0 Å². The summed E-state index contributed by atoms with van der Waals surface area (Å²) in [5, 5.41) is 22.5. The van der Waals surface area contributed by atoms with E-state index < -0.39 is 71.4 Å². The van der Waals surface area contributed by atoms with E-state index in [1.54, 1.807) is 42.5 Å². The summed E-state index contributed by atoms with van der Waals surface area (Å²) in [6.07, 6.45) is -1.74. The van der Waals surface area contributed by atoms with E-state index in [2.05, 4.69) is 5.32 Å². The number of carboxylic acids is 1. The zero-order valence-electron chi connectivity index (χ0n) is 29.7. The molecule has 0 radical (unpaired) electrons. The molecule has 12 nitrogen and oxygen atoms in total. The van der Waals surface area contributed by atoms with Crippen molar-refractivity contribution in [1.29, 1.82) is 0 Å². The van der Waals surface area contributed by atoms with Gasteiger partial charge in [-0.15, -0.1) is 11.8 Å². The molecule has 5 rings (SSSR count). The summed E-state index contributed by atoms with van der Waals surface area (Å²) in [5.74, 6) is -4.90. The van der Waals surface area contributed by atoms with Crippen LogP contribution in [0, 0.1) is 11.6 Å². The van der Waals surface area contributed by atoms with E-state index >= 15 is 0 Å². The Balaban J connectivity index is 1.25. The zero-order chi connectivity index (χ0) is 39.6. The molecular weight excluding hydrogens is 723 g/mol. The highest BCUT2D eigenvalue weighted by Crippen LogP contribution is 2.46. The number of halogens is 2. The number of ether oxygens (including phenoxy) is 1. The summed E-state index contributed by atoms with van der Waals surface area (Å²) in [7, 11) is 0. The number of hydrogen-bond acceptors (Lipinski definition) is 8. The zero-order valence-corrected chi connectivity index (χ0v) is 29.5. The lowest BCUT2D eigenvalue weighted by molar-refractivity contribution is -0.142. The Morgan fingerprint density at radius 2 is 1.54 bits per heavy atom. The van der Waals surface area contributed by atoms with Crippen LogP contribution in [0.5, 0.6) is 5.75 Å². The van der Waals surface area contributed by atoms with Crippen LogP contribution in [0.15, 0.2) is 103 Å². The molecule has 0 spiro atoms. The minimum atomic E-state index is -1.56. The first kappa shape index (κ1) is 37.9. The molecule has 0 aromatic heterocycles. The second-order valence-corrected chi connectivity index (χ2v) is 13.6. The number of anilines is 1. The summed E-state index contributed by atoms with van der Waals surface area (Å²) in [6.45, 7) is -0.695. The third-order valence-electron chi connectivity index (χ3n) is 8.59. The smallest absolute Gasteiger partial charge is 0.326 e. The molecule has 0 aliphatic carbocycles. The van der Waals surface area contributed by atoms with Gasteiger partial charge in [-0.2, -0.15) is 0 Å². The molecule has 4 amide bonds. The molecule has 5 atom stereocenters. The number of carbonyl (C=O) groups is 5. The number of primary amides is 1. The van der Waals surface area contributed by atoms with Crippen LogP contribution < -0.4 is 26.0 Å². The Hall–Kier alpha value is -5.80. The number of aliphatic hydroxyl groups excluding tert-OH is 1. The first-order valence-electron chi connectivity index (χ1n) is 17.3. The first-order valence-corrected chi connectivity index (χ1v) is 17.9. The third-order valence-corrected chi connectivity index (χ3v) is 9.91. The second kappa shape index (κ2) is 18.3. The van der Waals surface area contributed by atoms with E-state index in [0.717, 1.165) is 0 Å². The standard InChI is InChI=1S/C39H38F2N4O8S/c40-26-10-6-24(7-11-26)32(46)22-54-36-35(45(38(36)50)28-14-12-27(41)13-15-28)25-8-16-29(17-9-25)53-21-34(48)43-30(18-19-33(42)47)37(49)44-31(39(51)52)20-23-4-2-1-3-5-23/h1-17,30-32,35-36,46H,18-22H2,(H2,42,47)(H,43,48)(H,44,49)(H,51,52)/t30-,31-,32?,35+,36+/m0/s1/i/hD. The Kier molecular flexibility index (Phi) is 12.9. The van der Waals surface area contributed by atoms with Gasteiger partial charge in [0.05, 0.1) is 12.1 Å². The number of aliphatic hydroxyl groups is 1. The predicted molar refractivity (Wildman–Crippen MR) is 196 cm³/mol. The SMILES string of the molecule is [2H]N(C(=O)COc1ccc([C@@H]2[C@@H](SCC(O)c3ccc(F)cc3)C(=O)N2c2ccc(F)cc2)cc1)[C@@H](CCC(N)=O)C(=O)N[C@@H](Cc1ccccc1)C(=O)O. The topological polar surface area (TPSA) is 188 Å². The Morgan fingerprint density at radius 3 is 2.15 bits per heavy atom. The van der Waals surface area contributed by atoms with E-state index in [1.165, 1.54) is 77.3 Å². The van der Waals surface area contributed by atoms with Crippen molar-refractivity contribution in [3.8, 4) is 5.75 Å². The molecule has 4 aromatic carbocycles. The van der Waals surface area contributed by atoms with E-state index in [0.29, 0.717) is 27.7 Å². The predicted octanol–water partition coefficient (Wildman–Crippen LogP) is 3.83. The number of carboxylic acid groups (broad SMARTS) is 1. The van der Waals surface area contributed by atoms with Crippen molar-refractivity contribution in [3.05, 3.63) is 131 Å². The van der Waals surface area contributed by atoms with Gasteiger partial charge in [0.25, 0.3) is 5.91 Å². The van der Waals surface area contributed by atoms with Gasteiger partial charge < -0.3 is 36.2 Å². The number of rotatable bonds is 18. The van der Waals surface area contributed by atoms with Crippen molar-refractivity contribution in [1.82, 2.24) is 10.6 Å². The number of amides is 4. The lowest BCUT2D eigenvalue weighted by atomic mass is 9.92.